The van der Waals surface area contributed by atoms with Crippen LogP contribution in [0.3, 0.4) is 0 Å². The Hall–Kier alpha value is -6.44. The van der Waals surface area contributed by atoms with Gasteiger partial charge in [-0.05, 0) is 116 Å². The normalized spacial score (nSPS) is 12.5. The summed E-state index contributed by atoms with van der Waals surface area (Å²) in [5.41, 5.74) is 6.60. The zero-order chi connectivity index (χ0) is 31.8. The smallest absolute Gasteiger partial charge is 0.143 e. The van der Waals surface area contributed by atoms with Crippen LogP contribution < -0.4 is 0 Å². The van der Waals surface area contributed by atoms with E-state index in [0.29, 0.717) is 0 Å². The number of furan rings is 1. The van der Waals surface area contributed by atoms with Gasteiger partial charge in [-0.25, -0.2) is 0 Å². The molecule has 0 saturated heterocycles. The Morgan fingerprint density at radius 1 is 0.286 bits per heavy atom. The Labute approximate surface area is 280 Å². The van der Waals surface area contributed by atoms with Gasteiger partial charge in [-0.3, -0.25) is 0 Å². The lowest BCUT2D eigenvalue weighted by Gasteiger charge is -2.17. The van der Waals surface area contributed by atoms with Crippen molar-refractivity contribution in [1.29, 1.82) is 0 Å². The maximum Gasteiger partial charge on any atom is 0.143 e. The molecule has 0 radical (unpaired) electrons. The van der Waals surface area contributed by atoms with E-state index in [1.54, 1.807) is 0 Å². The number of fused-ring (bicyclic) bond motifs is 5. The lowest BCUT2D eigenvalue weighted by atomic mass is 9.86. The highest BCUT2D eigenvalue weighted by molar-refractivity contribution is 6.30. The number of rotatable bonds is 2. The van der Waals surface area contributed by atoms with Crippen LogP contribution in [0.25, 0.3) is 120 Å². The summed E-state index contributed by atoms with van der Waals surface area (Å²) in [5.74, 6) is 0. The van der Waals surface area contributed by atoms with Crippen LogP contribution in [0.4, 0.5) is 0 Å². The van der Waals surface area contributed by atoms with E-state index in [9.17, 15) is 0 Å². The van der Waals surface area contributed by atoms with E-state index in [4.69, 9.17) is 4.42 Å². The van der Waals surface area contributed by atoms with Gasteiger partial charge in [-0.2, -0.15) is 0 Å². The minimum absolute atomic E-state index is 0.916. The van der Waals surface area contributed by atoms with Crippen molar-refractivity contribution in [2.45, 2.75) is 0 Å². The third-order valence-corrected chi connectivity index (χ3v) is 11.1. The largest absolute Gasteiger partial charge is 0.455 e. The third kappa shape index (κ3) is 3.34. The SMILES string of the molecule is c1ccc2c(c1)ccc1oc3c(-c4cc5cccc6ccc7cccc4c7c65)cc(-c4ccc5ccc6cccc7ccc4c5c67)cc3c12. The molecule has 12 aromatic rings. The van der Waals surface area contributed by atoms with Gasteiger partial charge in [0.1, 0.15) is 11.2 Å². The molecular formula is C48H26O. The highest BCUT2D eigenvalue weighted by atomic mass is 16.3. The van der Waals surface area contributed by atoms with Crippen LogP contribution >= 0.6 is 0 Å². The Morgan fingerprint density at radius 2 is 0.837 bits per heavy atom. The number of hydrogen-bond donors (Lipinski definition) is 0. The van der Waals surface area contributed by atoms with E-state index < -0.39 is 0 Å². The third-order valence-electron chi connectivity index (χ3n) is 11.1. The fraction of sp³-hybridized carbons (Fsp3) is 0. The van der Waals surface area contributed by atoms with Crippen LogP contribution in [0.1, 0.15) is 0 Å². The molecule has 11 aromatic carbocycles. The Balaban J connectivity index is 1.27. The molecule has 0 saturated carbocycles. The lowest BCUT2D eigenvalue weighted by Crippen LogP contribution is -1.90. The minimum Gasteiger partial charge on any atom is -0.455 e. The summed E-state index contributed by atoms with van der Waals surface area (Å²) in [6, 6.07) is 58.4. The molecule has 0 atom stereocenters. The van der Waals surface area contributed by atoms with Gasteiger partial charge in [-0.1, -0.05) is 133 Å². The van der Waals surface area contributed by atoms with Gasteiger partial charge in [0.15, 0.2) is 0 Å². The molecule has 12 rings (SSSR count). The van der Waals surface area contributed by atoms with E-state index in [2.05, 4.69) is 158 Å². The molecule has 0 aliphatic carbocycles. The molecule has 0 bridgehead atoms. The number of hydrogen-bond acceptors (Lipinski definition) is 1. The second-order valence-corrected chi connectivity index (χ2v) is 13.6. The van der Waals surface area contributed by atoms with E-state index in [1.807, 2.05) is 0 Å². The number of benzene rings is 11. The van der Waals surface area contributed by atoms with Crippen LogP contribution in [0, 0.1) is 0 Å². The molecule has 1 heteroatoms. The zero-order valence-electron chi connectivity index (χ0n) is 26.4. The average molecular weight is 619 g/mol. The highest BCUT2D eigenvalue weighted by Crippen LogP contribution is 2.48. The highest BCUT2D eigenvalue weighted by Gasteiger charge is 2.21. The van der Waals surface area contributed by atoms with Gasteiger partial charge in [-0.15, -0.1) is 0 Å². The molecule has 0 N–H and O–H groups in total. The Kier molecular flexibility index (Phi) is 4.77. The first kappa shape index (κ1) is 25.6. The lowest BCUT2D eigenvalue weighted by molar-refractivity contribution is 0.670. The summed E-state index contributed by atoms with van der Waals surface area (Å²) >= 11 is 0. The quantitative estimate of drug-likeness (QED) is 0.176. The molecule has 0 unspecified atom stereocenters. The maximum absolute atomic E-state index is 6.93. The molecular weight excluding hydrogens is 593 g/mol. The van der Waals surface area contributed by atoms with Gasteiger partial charge in [0, 0.05) is 16.3 Å². The van der Waals surface area contributed by atoms with E-state index >= 15 is 0 Å². The van der Waals surface area contributed by atoms with Crippen molar-refractivity contribution >= 4 is 97.3 Å². The molecule has 1 nitrogen and oxygen atoms in total. The molecule has 224 valence electrons. The summed E-state index contributed by atoms with van der Waals surface area (Å²) in [6.07, 6.45) is 0. The van der Waals surface area contributed by atoms with Gasteiger partial charge in [0.2, 0.25) is 0 Å². The van der Waals surface area contributed by atoms with Crippen molar-refractivity contribution in [3.8, 4) is 22.3 Å². The monoisotopic (exact) mass is 618 g/mol. The second kappa shape index (κ2) is 9.13. The second-order valence-electron chi connectivity index (χ2n) is 13.6. The van der Waals surface area contributed by atoms with Crippen molar-refractivity contribution in [3.05, 3.63) is 158 Å². The average Bonchev–Trinajstić information content (AvgIpc) is 3.55. The van der Waals surface area contributed by atoms with E-state index in [-0.39, 0.29) is 0 Å². The van der Waals surface area contributed by atoms with Crippen molar-refractivity contribution in [2.75, 3.05) is 0 Å². The molecule has 0 aliphatic rings. The standard InChI is InChI=1S/C48H26O/c1-2-12-36-27(6-1)20-23-42-47(36)41-26-34(35-21-18-32-17-15-28-7-3-8-30-19-22-38(35)46(32)43(28)30)25-40(48(41)49-42)39-24-33-11-4-9-29-14-16-31-10-5-13-37(39)45(31)44(29)33/h1-26H. The molecule has 1 heterocycles. The first-order valence-electron chi connectivity index (χ1n) is 17.0. The first-order valence-corrected chi connectivity index (χ1v) is 17.0. The van der Waals surface area contributed by atoms with Gasteiger partial charge < -0.3 is 4.42 Å². The molecule has 1 aromatic heterocycles. The Morgan fingerprint density at radius 3 is 1.63 bits per heavy atom. The molecule has 49 heavy (non-hydrogen) atoms. The van der Waals surface area contributed by atoms with Crippen LogP contribution in [-0.2, 0) is 0 Å². The van der Waals surface area contributed by atoms with Crippen LogP contribution in [0.15, 0.2) is 162 Å². The summed E-state index contributed by atoms with van der Waals surface area (Å²) in [6.45, 7) is 0. The zero-order valence-corrected chi connectivity index (χ0v) is 26.4. The summed E-state index contributed by atoms with van der Waals surface area (Å²) < 4.78 is 6.93. The van der Waals surface area contributed by atoms with Gasteiger partial charge >= 0.3 is 0 Å². The predicted octanol–water partition coefficient (Wildman–Crippen LogP) is 13.9. The van der Waals surface area contributed by atoms with E-state index in [1.165, 1.54) is 97.5 Å². The van der Waals surface area contributed by atoms with Crippen molar-refractivity contribution < 1.29 is 4.42 Å². The first-order chi connectivity index (χ1) is 24.3. The summed E-state index contributed by atoms with van der Waals surface area (Å²) in [4.78, 5) is 0. The van der Waals surface area contributed by atoms with Gasteiger partial charge in [0.25, 0.3) is 0 Å². The maximum atomic E-state index is 6.93. The molecule has 0 amide bonds. The topological polar surface area (TPSA) is 13.1 Å². The van der Waals surface area contributed by atoms with Crippen molar-refractivity contribution in [2.24, 2.45) is 0 Å². The summed E-state index contributed by atoms with van der Waals surface area (Å²) in [5, 5.41) is 20.2. The van der Waals surface area contributed by atoms with Crippen LogP contribution in [-0.4, -0.2) is 0 Å². The summed E-state index contributed by atoms with van der Waals surface area (Å²) in [7, 11) is 0. The van der Waals surface area contributed by atoms with Gasteiger partial charge in [0.05, 0.1) is 0 Å². The molecule has 0 fully saturated rings. The molecule has 0 spiro atoms. The minimum atomic E-state index is 0.916. The Bertz CT molecular complexity index is 3310. The van der Waals surface area contributed by atoms with Crippen molar-refractivity contribution in [3.63, 3.8) is 0 Å². The van der Waals surface area contributed by atoms with Crippen LogP contribution in [0.5, 0.6) is 0 Å². The predicted molar refractivity (Wildman–Crippen MR) is 210 cm³/mol. The van der Waals surface area contributed by atoms with Crippen LogP contribution in [0.2, 0.25) is 0 Å². The fourth-order valence-corrected chi connectivity index (χ4v) is 8.98. The fourth-order valence-electron chi connectivity index (χ4n) is 8.98. The van der Waals surface area contributed by atoms with Crippen molar-refractivity contribution in [1.82, 2.24) is 0 Å². The molecule has 0 aliphatic heterocycles. The van der Waals surface area contributed by atoms with E-state index in [0.717, 1.165) is 22.1 Å².